The molecule has 0 bridgehead atoms. The molecule has 2 aromatic rings. The molecular weight excluding hydrogens is 266 g/mol. The van der Waals surface area contributed by atoms with Crippen LogP contribution >= 0.6 is 0 Å². The van der Waals surface area contributed by atoms with Gasteiger partial charge in [-0.25, -0.2) is 0 Å². The second-order valence-corrected chi connectivity index (χ2v) is 5.05. The predicted molar refractivity (Wildman–Crippen MR) is 81.3 cm³/mol. The van der Waals surface area contributed by atoms with Crippen LogP contribution in [0.4, 0.5) is 0 Å². The standard InChI is InChI=1S/C17H21NO3/c1-13-7-9-16(10-8-13)21-14(2)17(19)18-11-3-5-15-6-4-12-20-15/h4,6-10,12,14H,3,5,11H2,1-2H3,(H,18,19). The third-order valence-corrected chi connectivity index (χ3v) is 3.18. The van der Waals surface area contributed by atoms with Gasteiger partial charge in [0.15, 0.2) is 6.10 Å². The van der Waals surface area contributed by atoms with Crippen LogP contribution < -0.4 is 10.1 Å². The highest BCUT2D eigenvalue weighted by Gasteiger charge is 2.13. The molecule has 2 rings (SSSR count). The first-order chi connectivity index (χ1) is 10.1. The molecule has 4 heteroatoms. The van der Waals surface area contributed by atoms with E-state index in [2.05, 4.69) is 5.32 Å². The Bertz CT molecular complexity index is 546. The number of hydrogen-bond acceptors (Lipinski definition) is 3. The zero-order chi connectivity index (χ0) is 15.1. The minimum absolute atomic E-state index is 0.102. The molecule has 0 aliphatic rings. The van der Waals surface area contributed by atoms with Gasteiger partial charge in [-0.1, -0.05) is 17.7 Å². The molecule has 1 aromatic heterocycles. The van der Waals surface area contributed by atoms with Crippen LogP contribution in [-0.2, 0) is 11.2 Å². The number of nitrogens with one attached hydrogen (secondary N) is 1. The van der Waals surface area contributed by atoms with Crippen molar-refractivity contribution in [2.75, 3.05) is 6.54 Å². The number of carbonyl (C=O) groups excluding carboxylic acids is 1. The lowest BCUT2D eigenvalue weighted by atomic mass is 10.2. The van der Waals surface area contributed by atoms with Crippen molar-refractivity contribution in [3.05, 3.63) is 54.0 Å². The average molecular weight is 287 g/mol. The topological polar surface area (TPSA) is 51.5 Å². The van der Waals surface area contributed by atoms with Crippen molar-refractivity contribution in [2.45, 2.75) is 32.8 Å². The lowest BCUT2D eigenvalue weighted by Gasteiger charge is -2.14. The average Bonchev–Trinajstić information content (AvgIpc) is 2.99. The summed E-state index contributed by atoms with van der Waals surface area (Å²) >= 11 is 0. The van der Waals surface area contributed by atoms with Crippen LogP contribution in [0.25, 0.3) is 0 Å². The number of hydrogen-bond donors (Lipinski definition) is 1. The van der Waals surface area contributed by atoms with E-state index in [9.17, 15) is 4.79 Å². The van der Waals surface area contributed by atoms with E-state index in [1.54, 1.807) is 13.2 Å². The Labute approximate surface area is 125 Å². The largest absolute Gasteiger partial charge is 0.481 e. The Morgan fingerprint density at radius 1 is 1.29 bits per heavy atom. The molecule has 1 heterocycles. The molecular formula is C17H21NO3. The molecule has 1 N–H and O–H groups in total. The van der Waals surface area contributed by atoms with Crippen LogP contribution in [-0.4, -0.2) is 18.6 Å². The van der Waals surface area contributed by atoms with Crippen LogP contribution in [0.5, 0.6) is 5.75 Å². The van der Waals surface area contributed by atoms with Gasteiger partial charge >= 0.3 is 0 Å². The highest BCUT2D eigenvalue weighted by molar-refractivity contribution is 5.80. The Morgan fingerprint density at radius 3 is 2.71 bits per heavy atom. The fraction of sp³-hybridized carbons (Fsp3) is 0.353. The van der Waals surface area contributed by atoms with E-state index in [1.165, 1.54) is 0 Å². The predicted octanol–water partition coefficient (Wildman–Crippen LogP) is 3.10. The summed E-state index contributed by atoms with van der Waals surface area (Å²) < 4.78 is 10.8. The molecule has 0 saturated carbocycles. The molecule has 0 aliphatic heterocycles. The number of furan rings is 1. The van der Waals surface area contributed by atoms with Crippen LogP contribution in [0.1, 0.15) is 24.7 Å². The van der Waals surface area contributed by atoms with Gasteiger partial charge in [-0.05, 0) is 44.5 Å². The van der Waals surface area contributed by atoms with Gasteiger partial charge in [0.2, 0.25) is 0 Å². The lowest BCUT2D eigenvalue weighted by Crippen LogP contribution is -2.36. The Kier molecular flexibility index (Phi) is 5.43. The van der Waals surface area contributed by atoms with Crippen LogP contribution in [0, 0.1) is 6.92 Å². The minimum Gasteiger partial charge on any atom is -0.481 e. The van der Waals surface area contributed by atoms with Crippen molar-refractivity contribution in [3.63, 3.8) is 0 Å². The summed E-state index contributed by atoms with van der Waals surface area (Å²) in [4.78, 5) is 11.9. The van der Waals surface area contributed by atoms with E-state index in [1.807, 2.05) is 43.3 Å². The molecule has 21 heavy (non-hydrogen) atoms. The molecule has 0 radical (unpaired) electrons. The summed E-state index contributed by atoms with van der Waals surface area (Å²) in [7, 11) is 0. The van der Waals surface area contributed by atoms with E-state index in [0.717, 1.165) is 24.2 Å². The SMILES string of the molecule is Cc1ccc(OC(C)C(=O)NCCCc2ccco2)cc1. The second kappa shape index (κ2) is 7.53. The van der Waals surface area contributed by atoms with E-state index in [0.29, 0.717) is 12.3 Å². The summed E-state index contributed by atoms with van der Waals surface area (Å²) in [6, 6.07) is 11.5. The zero-order valence-corrected chi connectivity index (χ0v) is 12.5. The van der Waals surface area contributed by atoms with Crippen molar-refractivity contribution in [3.8, 4) is 5.75 Å². The normalized spacial score (nSPS) is 11.9. The minimum atomic E-state index is -0.503. The highest BCUT2D eigenvalue weighted by Crippen LogP contribution is 2.13. The second-order valence-electron chi connectivity index (χ2n) is 5.05. The maximum Gasteiger partial charge on any atom is 0.260 e. The number of benzene rings is 1. The summed E-state index contributed by atoms with van der Waals surface area (Å²) in [6.07, 6.45) is 2.82. The molecule has 0 saturated heterocycles. The zero-order valence-electron chi connectivity index (χ0n) is 12.5. The third kappa shape index (κ3) is 4.99. The van der Waals surface area contributed by atoms with Crippen LogP contribution in [0.2, 0.25) is 0 Å². The molecule has 0 aliphatic carbocycles. The van der Waals surface area contributed by atoms with Gasteiger partial charge in [-0.3, -0.25) is 4.79 Å². The Morgan fingerprint density at radius 2 is 2.05 bits per heavy atom. The molecule has 0 spiro atoms. The van der Waals surface area contributed by atoms with Crippen molar-refractivity contribution < 1.29 is 13.9 Å². The maximum atomic E-state index is 11.9. The molecule has 1 unspecified atom stereocenters. The third-order valence-electron chi connectivity index (χ3n) is 3.18. The first kappa shape index (κ1) is 15.2. The summed E-state index contributed by atoms with van der Waals surface area (Å²) in [6.45, 7) is 4.38. The Hall–Kier alpha value is -2.23. The smallest absolute Gasteiger partial charge is 0.260 e. The van der Waals surface area contributed by atoms with Gasteiger partial charge in [0.25, 0.3) is 5.91 Å². The van der Waals surface area contributed by atoms with Crippen LogP contribution in [0.15, 0.2) is 47.1 Å². The van der Waals surface area contributed by atoms with Gasteiger partial charge in [0, 0.05) is 13.0 Å². The number of ether oxygens (including phenoxy) is 1. The molecule has 0 fully saturated rings. The molecule has 1 aromatic carbocycles. The van der Waals surface area contributed by atoms with Crippen molar-refractivity contribution in [1.82, 2.24) is 5.32 Å². The fourth-order valence-corrected chi connectivity index (χ4v) is 1.95. The summed E-state index contributed by atoms with van der Waals surface area (Å²) in [5.74, 6) is 1.54. The monoisotopic (exact) mass is 287 g/mol. The van der Waals surface area contributed by atoms with Crippen LogP contribution in [0.3, 0.4) is 0 Å². The van der Waals surface area contributed by atoms with Gasteiger partial charge < -0.3 is 14.5 Å². The van der Waals surface area contributed by atoms with Gasteiger partial charge in [0.1, 0.15) is 11.5 Å². The first-order valence-corrected chi connectivity index (χ1v) is 7.18. The lowest BCUT2D eigenvalue weighted by molar-refractivity contribution is -0.127. The van der Waals surface area contributed by atoms with Crippen molar-refractivity contribution >= 4 is 5.91 Å². The fourth-order valence-electron chi connectivity index (χ4n) is 1.95. The number of rotatable bonds is 7. The van der Waals surface area contributed by atoms with E-state index < -0.39 is 6.10 Å². The van der Waals surface area contributed by atoms with Gasteiger partial charge in [0.05, 0.1) is 6.26 Å². The number of carbonyl (C=O) groups is 1. The number of amides is 1. The van der Waals surface area contributed by atoms with Crippen molar-refractivity contribution in [2.24, 2.45) is 0 Å². The van der Waals surface area contributed by atoms with Gasteiger partial charge in [-0.15, -0.1) is 0 Å². The molecule has 112 valence electrons. The first-order valence-electron chi connectivity index (χ1n) is 7.18. The number of aryl methyl sites for hydroxylation is 2. The molecule has 1 atom stereocenters. The molecule has 4 nitrogen and oxygen atoms in total. The van der Waals surface area contributed by atoms with Crippen molar-refractivity contribution in [1.29, 1.82) is 0 Å². The summed E-state index contributed by atoms with van der Waals surface area (Å²) in [5.41, 5.74) is 1.16. The maximum absolute atomic E-state index is 11.9. The van der Waals surface area contributed by atoms with E-state index >= 15 is 0 Å². The Balaban J connectivity index is 1.68. The van der Waals surface area contributed by atoms with Gasteiger partial charge in [-0.2, -0.15) is 0 Å². The summed E-state index contributed by atoms with van der Waals surface area (Å²) in [5, 5.41) is 2.87. The van der Waals surface area contributed by atoms with E-state index in [-0.39, 0.29) is 5.91 Å². The van der Waals surface area contributed by atoms with E-state index in [4.69, 9.17) is 9.15 Å². The molecule has 1 amide bonds. The highest BCUT2D eigenvalue weighted by atomic mass is 16.5. The quantitative estimate of drug-likeness (QED) is 0.796.